The molecular weight excluding hydrogens is 322 g/mol. The van der Waals surface area contributed by atoms with Crippen molar-refractivity contribution in [2.45, 2.75) is 45.2 Å². The Morgan fingerprint density at radius 3 is 2.35 bits per heavy atom. The third-order valence-corrected chi connectivity index (χ3v) is 6.24. The molecule has 0 saturated carbocycles. The van der Waals surface area contributed by atoms with E-state index in [-0.39, 0.29) is 11.6 Å². The first kappa shape index (κ1) is 15.7. The van der Waals surface area contributed by atoms with Crippen molar-refractivity contribution in [2.75, 3.05) is 23.0 Å². The van der Waals surface area contributed by atoms with Crippen molar-refractivity contribution in [1.29, 1.82) is 0 Å². The Kier molecular flexibility index (Phi) is 3.33. The fourth-order valence-corrected chi connectivity index (χ4v) is 5.06. The van der Waals surface area contributed by atoms with Gasteiger partial charge in [0.1, 0.15) is 5.66 Å². The van der Waals surface area contributed by atoms with E-state index in [1.807, 2.05) is 0 Å². The molecular formula is C22H25N3O. The number of hydrogen-bond donors (Lipinski definition) is 0. The Balaban J connectivity index is 1.68. The zero-order valence-electron chi connectivity index (χ0n) is 15.5. The molecule has 134 valence electrons. The number of fused-ring (bicyclic) bond motifs is 2. The van der Waals surface area contributed by atoms with E-state index in [2.05, 4.69) is 71.2 Å². The summed E-state index contributed by atoms with van der Waals surface area (Å²) in [6, 6.07) is 14.9. The second-order valence-corrected chi connectivity index (χ2v) is 7.94. The summed E-state index contributed by atoms with van der Waals surface area (Å²) in [7, 11) is 0. The molecule has 0 aliphatic carbocycles. The summed E-state index contributed by atoms with van der Waals surface area (Å²) in [5.41, 5.74) is 5.28. The van der Waals surface area contributed by atoms with Crippen LogP contribution in [0.2, 0.25) is 0 Å². The number of hydrogen-bond acceptors (Lipinski definition) is 3. The fourth-order valence-electron chi connectivity index (χ4n) is 5.06. The van der Waals surface area contributed by atoms with E-state index in [9.17, 15) is 4.79 Å². The molecule has 0 N–H and O–H groups in total. The molecule has 0 aromatic heterocycles. The summed E-state index contributed by atoms with van der Waals surface area (Å²) in [5, 5.41) is 4.32. The van der Waals surface area contributed by atoms with Crippen LogP contribution in [0.15, 0.2) is 42.5 Å². The molecule has 26 heavy (non-hydrogen) atoms. The maximum Gasteiger partial charge on any atom is 0.276 e. The number of nitrogens with zero attached hydrogens (tertiary/aromatic N) is 3. The van der Waals surface area contributed by atoms with Gasteiger partial charge in [-0.25, -0.2) is 5.01 Å². The van der Waals surface area contributed by atoms with E-state index in [1.165, 1.54) is 5.56 Å². The molecule has 5 rings (SSSR count). The van der Waals surface area contributed by atoms with Gasteiger partial charge in [-0.15, -0.1) is 0 Å². The Labute approximate surface area is 155 Å². The van der Waals surface area contributed by atoms with E-state index < -0.39 is 0 Å². The smallest absolute Gasteiger partial charge is 0.276 e. The summed E-state index contributed by atoms with van der Waals surface area (Å²) in [4.78, 5) is 16.2. The zero-order chi connectivity index (χ0) is 17.9. The van der Waals surface area contributed by atoms with Crippen molar-refractivity contribution in [3.63, 3.8) is 0 Å². The van der Waals surface area contributed by atoms with Gasteiger partial charge in [-0.2, -0.15) is 0 Å². The van der Waals surface area contributed by atoms with Crippen LogP contribution in [0.5, 0.6) is 0 Å². The molecule has 4 heteroatoms. The topological polar surface area (TPSA) is 26.8 Å². The minimum absolute atomic E-state index is 0.155. The van der Waals surface area contributed by atoms with Crippen molar-refractivity contribution in [3.05, 3.63) is 59.2 Å². The van der Waals surface area contributed by atoms with Gasteiger partial charge in [0.15, 0.2) is 0 Å². The number of rotatable bonds is 1. The van der Waals surface area contributed by atoms with Gasteiger partial charge in [0, 0.05) is 13.1 Å². The molecule has 2 aromatic carbocycles. The Hall–Kier alpha value is -2.49. The summed E-state index contributed by atoms with van der Waals surface area (Å²) < 4.78 is 0. The highest BCUT2D eigenvalue weighted by atomic mass is 16.2. The van der Waals surface area contributed by atoms with Crippen molar-refractivity contribution in [1.82, 2.24) is 5.01 Å². The zero-order valence-corrected chi connectivity index (χ0v) is 15.5. The summed E-state index contributed by atoms with van der Waals surface area (Å²) in [6.45, 7) is 6.09. The highest BCUT2D eigenvalue weighted by Crippen LogP contribution is 2.49. The van der Waals surface area contributed by atoms with Crippen LogP contribution in [0, 0.1) is 13.8 Å². The second-order valence-electron chi connectivity index (χ2n) is 7.94. The lowest BCUT2D eigenvalue weighted by molar-refractivity contribution is 0.0262. The molecule has 2 aromatic rings. The third kappa shape index (κ3) is 2.05. The molecule has 2 saturated heterocycles. The van der Waals surface area contributed by atoms with Crippen LogP contribution in [0.4, 0.5) is 11.4 Å². The first-order chi connectivity index (χ1) is 12.6. The Morgan fingerprint density at radius 2 is 1.58 bits per heavy atom. The van der Waals surface area contributed by atoms with Crippen LogP contribution in [0.3, 0.4) is 0 Å². The standard InChI is InChI=1S/C22H25N3O/c1-16-5-8-18(9-6-16)24-14-4-12-22-11-3-13-23(22)20-10-7-17(2)15-19(20)21(26)25(22)24/h5-10,15H,3-4,11-14H2,1-2H3. The first-order valence-corrected chi connectivity index (χ1v) is 9.67. The van der Waals surface area contributed by atoms with Crippen LogP contribution < -0.4 is 9.91 Å². The van der Waals surface area contributed by atoms with Crippen LogP contribution >= 0.6 is 0 Å². The van der Waals surface area contributed by atoms with Gasteiger partial charge in [0.05, 0.1) is 16.9 Å². The largest absolute Gasteiger partial charge is 0.346 e. The minimum Gasteiger partial charge on any atom is -0.346 e. The van der Waals surface area contributed by atoms with Crippen LogP contribution in [-0.4, -0.2) is 29.7 Å². The second kappa shape index (κ2) is 5.50. The van der Waals surface area contributed by atoms with Gasteiger partial charge >= 0.3 is 0 Å². The van der Waals surface area contributed by atoms with E-state index in [0.29, 0.717) is 0 Å². The predicted molar refractivity (Wildman–Crippen MR) is 104 cm³/mol. The van der Waals surface area contributed by atoms with E-state index in [0.717, 1.165) is 61.3 Å². The monoisotopic (exact) mass is 347 g/mol. The SMILES string of the molecule is Cc1ccc(N2CCCC34CCCN3c3ccc(C)cc3C(=O)N24)cc1. The molecule has 0 bridgehead atoms. The van der Waals surface area contributed by atoms with Gasteiger partial charge in [-0.3, -0.25) is 9.80 Å². The number of aryl methyl sites for hydroxylation is 2. The fraction of sp³-hybridized carbons (Fsp3) is 0.409. The van der Waals surface area contributed by atoms with Crippen molar-refractivity contribution in [3.8, 4) is 0 Å². The summed E-state index contributed by atoms with van der Waals surface area (Å²) in [6.07, 6.45) is 4.34. The maximum absolute atomic E-state index is 13.6. The number of amides is 1. The van der Waals surface area contributed by atoms with Crippen molar-refractivity contribution >= 4 is 17.3 Å². The number of carbonyl (C=O) groups is 1. The van der Waals surface area contributed by atoms with Crippen LogP contribution in [-0.2, 0) is 0 Å². The highest BCUT2D eigenvalue weighted by molar-refractivity contribution is 6.03. The predicted octanol–water partition coefficient (Wildman–Crippen LogP) is 4.27. The van der Waals surface area contributed by atoms with Crippen molar-refractivity contribution < 1.29 is 4.79 Å². The molecule has 3 heterocycles. The van der Waals surface area contributed by atoms with Crippen molar-refractivity contribution in [2.24, 2.45) is 0 Å². The minimum atomic E-state index is -0.192. The molecule has 1 atom stereocenters. The molecule has 3 aliphatic rings. The van der Waals surface area contributed by atoms with Gasteiger partial charge in [-0.1, -0.05) is 29.3 Å². The molecule has 1 spiro atoms. The number of hydrazine groups is 1. The lowest BCUT2D eigenvalue weighted by Crippen LogP contribution is -2.71. The highest BCUT2D eigenvalue weighted by Gasteiger charge is 2.56. The number of benzene rings is 2. The lowest BCUT2D eigenvalue weighted by Gasteiger charge is -2.58. The summed E-state index contributed by atoms with van der Waals surface area (Å²) >= 11 is 0. The summed E-state index contributed by atoms with van der Waals surface area (Å²) in [5.74, 6) is 0.155. The van der Waals surface area contributed by atoms with E-state index in [1.54, 1.807) is 0 Å². The number of anilines is 2. The normalized spacial score (nSPS) is 24.4. The van der Waals surface area contributed by atoms with Crippen LogP contribution in [0.25, 0.3) is 0 Å². The molecule has 0 radical (unpaired) electrons. The Bertz CT molecular complexity index is 875. The van der Waals surface area contributed by atoms with E-state index >= 15 is 0 Å². The first-order valence-electron chi connectivity index (χ1n) is 9.67. The lowest BCUT2D eigenvalue weighted by atomic mass is 9.91. The maximum atomic E-state index is 13.6. The average Bonchev–Trinajstić information content (AvgIpc) is 3.06. The Morgan fingerprint density at radius 1 is 0.885 bits per heavy atom. The molecule has 4 nitrogen and oxygen atoms in total. The van der Waals surface area contributed by atoms with Crippen LogP contribution in [0.1, 0.15) is 47.2 Å². The molecule has 1 amide bonds. The van der Waals surface area contributed by atoms with E-state index in [4.69, 9.17) is 0 Å². The average molecular weight is 347 g/mol. The molecule has 1 unspecified atom stereocenters. The van der Waals surface area contributed by atoms with Gasteiger partial charge in [0.2, 0.25) is 0 Å². The van der Waals surface area contributed by atoms with Gasteiger partial charge in [-0.05, 0) is 63.8 Å². The third-order valence-electron chi connectivity index (χ3n) is 6.24. The molecule has 2 fully saturated rings. The molecule has 3 aliphatic heterocycles. The van der Waals surface area contributed by atoms with Gasteiger partial charge < -0.3 is 4.90 Å². The quantitative estimate of drug-likeness (QED) is 0.771. The number of carbonyl (C=O) groups excluding carboxylic acids is 1. The van der Waals surface area contributed by atoms with Gasteiger partial charge in [0.25, 0.3) is 5.91 Å².